The van der Waals surface area contributed by atoms with Gasteiger partial charge < -0.3 is 9.64 Å². The predicted octanol–water partition coefficient (Wildman–Crippen LogP) is 3.81. The smallest absolute Gasteiger partial charge is 0.130 e. The summed E-state index contributed by atoms with van der Waals surface area (Å²) < 4.78 is 7.79. The van der Waals surface area contributed by atoms with Crippen LogP contribution in [0.1, 0.15) is 26.7 Å². The molecule has 1 aliphatic rings. The molecule has 0 atom stereocenters. The molecule has 3 aromatic rings. The van der Waals surface area contributed by atoms with E-state index in [2.05, 4.69) is 33.2 Å². The minimum atomic E-state index is 0.154. The third kappa shape index (κ3) is 2.82. The molecule has 1 aromatic carbocycles. The van der Waals surface area contributed by atoms with Crippen LogP contribution < -0.4 is 9.64 Å². The van der Waals surface area contributed by atoms with Gasteiger partial charge in [-0.2, -0.15) is 5.10 Å². The second kappa shape index (κ2) is 6.15. The summed E-state index contributed by atoms with van der Waals surface area (Å²) in [5.41, 5.74) is 2.08. The molecule has 0 unspecified atom stereocenters. The lowest BCUT2D eigenvalue weighted by atomic mass is 10.2. The van der Waals surface area contributed by atoms with Gasteiger partial charge in [0, 0.05) is 36.8 Å². The molecular formula is C19H22N4O. The van der Waals surface area contributed by atoms with E-state index in [9.17, 15) is 0 Å². The molecule has 3 heterocycles. The number of hydrogen-bond donors (Lipinski definition) is 0. The van der Waals surface area contributed by atoms with Crippen LogP contribution in [0.4, 0.5) is 5.82 Å². The summed E-state index contributed by atoms with van der Waals surface area (Å²) in [5, 5.41) is 5.67. The van der Waals surface area contributed by atoms with Gasteiger partial charge in [-0.3, -0.25) is 0 Å². The van der Waals surface area contributed by atoms with Crippen LogP contribution in [-0.4, -0.2) is 34.0 Å². The maximum atomic E-state index is 5.83. The fraction of sp³-hybridized carbons (Fsp3) is 0.368. The first-order chi connectivity index (χ1) is 11.7. The summed E-state index contributed by atoms with van der Waals surface area (Å²) in [6.07, 6.45) is 6.40. The van der Waals surface area contributed by atoms with E-state index in [1.165, 1.54) is 12.8 Å². The van der Waals surface area contributed by atoms with Crippen molar-refractivity contribution in [2.45, 2.75) is 32.8 Å². The zero-order valence-corrected chi connectivity index (χ0v) is 14.1. The quantitative estimate of drug-likeness (QED) is 0.732. The zero-order chi connectivity index (χ0) is 16.5. The summed E-state index contributed by atoms with van der Waals surface area (Å²) >= 11 is 0. The highest BCUT2D eigenvalue weighted by molar-refractivity contribution is 5.81. The average Bonchev–Trinajstić information content (AvgIpc) is 3.24. The maximum Gasteiger partial charge on any atom is 0.130 e. The molecule has 0 spiro atoms. The fourth-order valence-electron chi connectivity index (χ4n) is 3.21. The molecule has 1 saturated heterocycles. The Balaban J connectivity index is 1.74. The number of ether oxygens (including phenoxy) is 1. The molecule has 124 valence electrons. The van der Waals surface area contributed by atoms with E-state index in [1.54, 1.807) is 0 Å². The van der Waals surface area contributed by atoms with Gasteiger partial charge in [0.15, 0.2) is 0 Å². The Labute approximate surface area is 141 Å². The second-order valence-electron chi connectivity index (χ2n) is 6.51. The lowest BCUT2D eigenvalue weighted by Gasteiger charge is -2.17. The van der Waals surface area contributed by atoms with Gasteiger partial charge in [-0.15, -0.1) is 0 Å². The van der Waals surface area contributed by atoms with Gasteiger partial charge >= 0.3 is 0 Å². The SMILES string of the molecule is CC(C)Oc1ccc2cnn(-c3ccnc(N4CCCC4)c3)c2c1. The lowest BCUT2D eigenvalue weighted by molar-refractivity contribution is 0.242. The van der Waals surface area contributed by atoms with Crippen LogP contribution in [0.15, 0.2) is 42.7 Å². The fourth-order valence-corrected chi connectivity index (χ4v) is 3.21. The Bertz CT molecular complexity index is 849. The Morgan fingerprint density at radius 3 is 2.71 bits per heavy atom. The Morgan fingerprint density at radius 1 is 1.08 bits per heavy atom. The molecule has 0 bridgehead atoms. The molecular weight excluding hydrogens is 300 g/mol. The maximum absolute atomic E-state index is 5.83. The highest BCUT2D eigenvalue weighted by atomic mass is 16.5. The van der Waals surface area contributed by atoms with Crippen molar-refractivity contribution in [3.05, 3.63) is 42.7 Å². The number of nitrogens with zero attached hydrogens (tertiary/aromatic N) is 4. The van der Waals surface area contributed by atoms with E-state index in [0.29, 0.717) is 0 Å². The molecule has 5 nitrogen and oxygen atoms in total. The molecule has 4 rings (SSSR count). The number of hydrogen-bond acceptors (Lipinski definition) is 4. The highest BCUT2D eigenvalue weighted by Crippen LogP contribution is 2.26. The van der Waals surface area contributed by atoms with Gasteiger partial charge in [0.05, 0.1) is 23.5 Å². The second-order valence-corrected chi connectivity index (χ2v) is 6.51. The Kier molecular flexibility index (Phi) is 3.84. The summed E-state index contributed by atoms with van der Waals surface area (Å²) in [5.74, 6) is 1.90. The molecule has 2 aromatic heterocycles. The molecule has 0 amide bonds. The van der Waals surface area contributed by atoms with Gasteiger partial charge in [-0.05, 0) is 44.9 Å². The van der Waals surface area contributed by atoms with Gasteiger partial charge in [0.2, 0.25) is 0 Å². The van der Waals surface area contributed by atoms with Crippen LogP contribution in [0.25, 0.3) is 16.6 Å². The number of pyridine rings is 1. The van der Waals surface area contributed by atoms with Crippen molar-refractivity contribution in [1.82, 2.24) is 14.8 Å². The summed E-state index contributed by atoms with van der Waals surface area (Å²) in [6, 6.07) is 10.2. The third-order valence-electron chi connectivity index (χ3n) is 4.32. The van der Waals surface area contributed by atoms with Crippen LogP contribution in [0.5, 0.6) is 5.75 Å². The lowest BCUT2D eigenvalue weighted by Crippen LogP contribution is -2.19. The van der Waals surface area contributed by atoms with Gasteiger partial charge in [-0.1, -0.05) is 0 Å². The largest absolute Gasteiger partial charge is 0.491 e. The van der Waals surface area contributed by atoms with E-state index in [0.717, 1.165) is 41.2 Å². The number of benzene rings is 1. The first kappa shape index (κ1) is 15.0. The zero-order valence-electron chi connectivity index (χ0n) is 14.1. The average molecular weight is 322 g/mol. The van der Waals surface area contributed by atoms with Gasteiger partial charge in [-0.25, -0.2) is 9.67 Å². The Morgan fingerprint density at radius 2 is 1.92 bits per heavy atom. The van der Waals surface area contributed by atoms with Crippen LogP contribution in [0.3, 0.4) is 0 Å². The van der Waals surface area contributed by atoms with Crippen molar-refractivity contribution in [3.8, 4) is 11.4 Å². The first-order valence-corrected chi connectivity index (χ1v) is 8.56. The molecule has 1 aliphatic heterocycles. The van der Waals surface area contributed by atoms with Crippen LogP contribution in [0, 0.1) is 0 Å². The molecule has 1 fully saturated rings. The summed E-state index contributed by atoms with van der Waals surface area (Å²) in [7, 11) is 0. The molecule has 24 heavy (non-hydrogen) atoms. The number of anilines is 1. The van der Waals surface area contributed by atoms with E-state index >= 15 is 0 Å². The minimum absolute atomic E-state index is 0.154. The van der Waals surface area contributed by atoms with Crippen molar-refractivity contribution in [3.63, 3.8) is 0 Å². The highest BCUT2D eigenvalue weighted by Gasteiger charge is 2.15. The predicted molar refractivity (Wildman–Crippen MR) is 96.1 cm³/mol. The minimum Gasteiger partial charge on any atom is -0.491 e. The van der Waals surface area contributed by atoms with Crippen molar-refractivity contribution < 1.29 is 4.74 Å². The molecule has 0 saturated carbocycles. The number of rotatable bonds is 4. The van der Waals surface area contributed by atoms with Gasteiger partial charge in [0.25, 0.3) is 0 Å². The number of aromatic nitrogens is 3. The third-order valence-corrected chi connectivity index (χ3v) is 4.32. The summed E-state index contributed by atoms with van der Waals surface area (Å²) in [6.45, 7) is 6.24. The van der Waals surface area contributed by atoms with Crippen molar-refractivity contribution in [1.29, 1.82) is 0 Å². The van der Waals surface area contributed by atoms with Crippen LogP contribution in [0.2, 0.25) is 0 Å². The van der Waals surface area contributed by atoms with E-state index < -0.39 is 0 Å². The van der Waals surface area contributed by atoms with Crippen LogP contribution >= 0.6 is 0 Å². The molecule has 0 radical (unpaired) electrons. The first-order valence-electron chi connectivity index (χ1n) is 8.56. The van der Waals surface area contributed by atoms with E-state index in [-0.39, 0.29) is 6.10 Å². The van der Waals surface area contributed by atoms with E-state index in [4.69, 9.17) is 4.74 Å². The molecule has 0 N–H and O–H groups in total. The van der Waals surface area contributed by atoms with E-state index in [1.807, 2.05) is 43.1 Å². The van der Waals surface area contributed by atoms with Crippen LogP contribution in [-0.2, 0) is 0 Å². The normalized spacial score (nSPS) is 14.7. The van der Waals surface area contributed by atoms with Crippen molar-refractivity contribution >= 4 is 16.7 Å². The standard InChI is InChI=1S/C19H22N4O/c1-14(2)24-17-6-5-15-13-21-23(18(15)12-17)16-7-8-20-19(11-16)22-9-3-4-10-22/h5-8,11-14H,3-4,9-10H2,1-2H3. The topological polar surface area (TPSA) is 43.2 Å². The molecule has 0 aliphatic carbocycles. The molecule has 5 heteroatoms. The van der Waals surface area contributed by atoms with Crippen molar-refractivity contribution in [2.24, 2.45) is 0 Å². The monoisotopic (exact) mass is 322 g/mol. The Hall–Kier alpha value is -2.56. The van der Waals surface area contributed by atoms with Crippen molar-refractivity contribution in [2.75, 3.05) is 18.0 Å². The number of fused-ring (bicyclic) bond motifs is 1. The summed E-state index contributed by atoms with van der Waals surface area (Å²) in [4.78, 5) is 6.86. The van der Waals surface area contributed by atoms with Gasteiger partial charge in [0.1, 0.15) is 11.6 Å².